The zero-order valence-corrected chi connectivity index (χ0v) is 9.78. The number of carbonyl (C=O) groups excluding carboxylic acids is 1. The van der Waals surface area contributed by atoms with Crippen molar-refractivity contribution in [2.24, 2.45) is 0 Å². The molecular formula is C10H9F4N3O3. The van der Waals surface area contributed by atoms with E-state index in [4.69, 9.17) is 5.73 Å². The Morgan fingerprint density at radius 2 is 2.05 bits per heavy atom. The molecule has 0 atom stereocenters. The molecule has 110 valence electrons. The summed E-state index contributed by atoms with van der Waals surface area (Å²) in [5.41, 5.74) is 4.25. The summed E-state index contributed by atoms with van der Waals surface area (Å²) in [6.45, 7) is -1.61. The Kier molecular flexibility index (Phi) is 4.48. The lowest BCUT2D eigenvalue weighted by Crippen LogP contribution is -2.41. The minimum absolute atomic E-state index is 0.200. The predicted octanol–water partition coefficient (Wildman–Crippen LogP) is 1.81. The van der Waals surface area contributed by atoms with Gasteiger partial charge in [0.1, 0.15) is 0 Å². The van der Waals surface area contributed by atoms with Crippen molar-refractivity contribution in [3.05, 3.63) is 33.9 Å². The number of non-ortho nitro benzene ring substituents is 1. The number of nitrogen functional groups attached to an aromatic ring is 1. The van der Waals surface area contributed by atoms with Crippen molar-refractivity contribution in [1.29, 1.82) is 0 Å². The van der Waals surface area contributed by atoms with E-state index in [9.17, 15) is 32.5 Å². The van der Waals surface area contributed by atoms with E-state index in [0.29, 0.717) is 0 Å². The highest BCUT2D eigenvalue weighted by atomic mass is 19.3. The second-order valence-electron chi connectivity index (χ2n) is 3.77. The number of hydrogen-bond donors (Lipinski definition) is 2. The molecule has 1 amide bonds. The van der Waals surface area contributed by atoms with Crippen LogP contribution >= 0.6 is 0 Å². The van der Waals surface area contributed by atoms with Gasteiger partial charge in [0.15, 0.2) is 0 Å². The van der Waals surface area contributed by atoms with E-state index in [0.717, 1.165) is 18.2 Å². The normalized spacial score (nSPS) is 11.4. The molecule has 0 aliphatic carbocycles. The van der Waals surface area contributed by atoms with Crippen molar-refractivity contribution in [2.45, 2.75) is 12.3 Å². The molecule has 0 aromatic heterocycles. The van der Waals surface area contributed by atoms with Crippen molar-refractivity contribution in [2.75, 3.05) is 12.3 Å². The SMILES string of the molecule is Nc1ccc([N+](=O)[O-])cc1C(=O)NCC(F)(F)C(F)F. The number of nitrogens with zero attached hydrogens (tertiary/aromatic N) is 1. The van der Waals surface area contributed by atoms with E-state index >= 15 is 0 Å². The van der Waals surface area contributed by atoms with Crippen LogP contribution in [0, 0.1) is 10.1 Å². The highest BCUT2D eigenvalue weighted by molar-refractivity contribution is 5.99. The molecule has 0 aliphatic rings. The average molecular weight is 295 g/mol. The summed E-state index contributed by atoms with van der Waals surface area (Å²) in [5.74, 6) is -5.60. The van der Waals surface area contributed by atoms with Crippen molar-refractivity contribution in [3.8, 4) is 0 Å². The Balaban J connectivity index is 2.88. The van der Waals surface area contributed by atoms with Gasteiger partial charge in [0.05, 0.1) is 17.0 Å². The molecule has 10 heteroatoms. The summed E-state index contributed by atoms with van der Waals surface area (Å²) >= 11 is 0. The lowest BCUT2D eigenvalue weighted by molar-refractivity contribution is -0.384. The molecule has 0 spiro atoms. The number of nitrogens with one attached hydrogen (secondary N) is 1. The quantitative estimate of drug-likeness (QED) is 0.374. The van der Waals surface area contributed by atoms with Gasteiger partial charge in [-0.15, -0.1) is 0 Å². The Morgan fingerprint density at radius 3 is 2.55 bits per heavy atom. The van der Waals surface area contributed by atoms with Crippen LogP contribution in [0.5, 0.6) is 0 Å². The number of nitro groups is 1. The maximum Gasteiger partial charge on any atom is 0.324 e. The zero-order chi connectivity index (χ0) is 15.5. The fourth-order valence-electron chi connectivity index (χ4n) is 1.22. The van der Waals surface area contributed by atoms with Gasteiger partial charge in [-0.3, -0.25) is 14.9 Å². The van der Waals surface area contributed by atoms with E-state index in [1.807, 2.05) is 0 Å². The molecule has 0 unspecified atom stereocenters. The largest absolute Gasteiger partial charge is 0.398 e. The molecule has 6 nitrogen and oxygen atoms in total. The van der Waals surface area contributed by atoms with Crippen LogP contribution in [0.4, 0.5) is 28.9 Å². The Labute approximate surface area is 109 Å². The number of benzene rings is 1. The predicted molar refractivity (Wildman–Crippen MR) is 60.8 cm³/mol. The number of anilines is 1. The second kappa shape index (κ2) is 5.72. The monoisotopic (exact) mass is 295 g/mol. The average Bonchev–Trinajstić information content (AvgIpc) is 2.36. The lowest BCUT2D eigenvalue weighted by Gasteiger charge is -2.16. The number of alkyl halides is 4. The molecule has 0 radical (unpaired) electrons. The van der Waals surface area contributed by atoms with Gasteiger partial charge in [0.2, 0.25) is 0 Å². The molecule has 1 rings (SSSR count). The highest BCUT2D eigenvalue weighted by Gasteiger charge is 2.41. The van der Waals surface area contributed by atoms with E-state index in [-0.39, 0.29) is 5.69 Å². The van der Waals surface area contributed by atoms with Gasteiger partial charge in [0, 0.05) is 17.8 Å². The van der Waals surface area contributed by atoms with Crippen LogP contribution in [-0.4, -0.2) is 29.7 Å². The Hall–Kier alpha value is -2.39. The fraction of sp³-hybridized carbons (Fsp3) is 0.300. The third-order valence-electron chi connectivity index (χ3n) is 2.30. The number of amides is 1. The lowest BCUT2D eigenvalue weighted by atomic mass is 10.1. The van der Waals surface area contributed by atoms with Crippen LogP contribution in [0.15, 0.2) is 18.2 Å². The molecule has 1 aromatic carbocycles. The van der Waals surface area contributed by atoms with Crippen molar-refractivity contribution >= 4 is 17.3 Å². The smallest absolute Gasteiger partial charge is 0.324 e. The van der Waals surface area contributed by atoms with Crippen molar-refractivity contribution in [1.82, 2.24) is 5.32 Å². The van der Waals surface area contributed by atoms with Crippen LogP contribution < -0.4 is 11.1 Å². The van der Waals surface area contributed by atoms with E-state index in [1.165, 1.54) is 0 Å². The molecule has 20 heavy (non-hydrogen) atoms. The highest BCUT2D eigenvalue weighted by Crippen LogP contribution is 2.23. The van der Waals surface area contributed by atoms with Crippen LogP contribution in [0.25, 0.3) is 0 Å². The summed E-state index contributed by atoms with van der Waals surface area (Å²) < 4.78 is 49.1. The first-order chi connectivity index (χ1) is 9.15. The number of nitro benzene ring substituents is 1. The van der Waals surface area contributed by atoms with E-state index in [1.54, 1.807) is 5.32 Å². The van der Waals surface area contributed by atoms with Gasteiger partial charge < -0.3 is 11.1 Å². The number of halogens is 4. The first-order valence-electron chi connectivity index (χ1n) is 5.13. The first kappa shape index (κ1) is 15.7. The van der Waals surface area contributed by atoms with Crippen LogP contribution in [0.1, 0.15) is 10.4 Å². The number of carbonyl (C=O) groups is 1. The summed E-state index contributed by atoms with van der Waals surface area (Å²) in [6.07, 6.45) is -3.94. The molecular weight excluding hydrogens is 286 g/mol. The first-order valence-corrected chi connectivity index (χ1v) is 5.13. The molecule has 0 aliphatic heterocycles. The summed E-state index contributed by atoms with van der Waals surface area (Å²) in [5, 5.41) is 12.1. The summed E-state index contributed by atoms with van der Waals surface area (Å²) in [4.78, 5) is 21.2. The van der Waals surface area contributed by atoms with Gasteiger partial charge in [-0.05, 0) is 6.07 Å². The van der Waals surface area contributed by atoms with Crippen LogP contribution in [0.3, 0.4) is 0 Å². The van der Waals surface area contributed by atoms with Gasteiger partial charge in [-0.2, -0.15) is 8.78 Å². The third kappa shape index (κ3) is 3.56. The van der Waals surface area contributed by atoms with Gasteiger partial charge in [-0.25, -0.2) is 8.78 Å². The van der Waals surface area contributed by atoms with Gasteiger partial charge in [-0.1, -0.05) is 0 Å². The number of rotatable bonds is 5. The number of hydrogen-bond acceptors (Lipinski definition) is 4. The zero-order valence-electron chi connectivity index (χ0n) is 9.78. The molecule has 0 saturated carbocycles. The molecule has 0 heterocycles. The standard InChI is InChI=1S/C10H9F4N3O3/c11-9(12)10(13,14)4-16-8(18)6-3-5(17(19)20)1-2-7(6)15/h1-3,9H,4,15H2,(H,16,18). The molecule has 3 N–H and O–H groups in total. The third-order valence-corrected chi connectivity index (χ3v) is 2.30. The molecule has 0 saturated heterocycles. The Bertz CT molecular complexity index is 536. The Morgan fingerprint density at radius 1 is 1.45 bits per heavy atom. The van der Waals surface area contributed by atoms with Crippen molar-refractivity contribution in [3.63, 3.8) is 0 Å². The molecule has 0 fully saturated rings. The maximum atomic E-state index is 12.6. The van der Waals surface area contributed by atoms with Crippen molar-refractivity contribution < 1.29 is 27.3 Å². The summed E-state index contributed by atoms with van der Waals surface area (Å²) in [6, 6.07) is 2.82. The van der Waals surface area contributed by atoms with Gasteiger partial charge >= 0.3 is 12.3 Å². The van der Waals surface area contributed by atoms with Crippen LogP contribution in [-0.2, 0) is 0 Å². The van der Waals surface area contributed by atoms with E-state index < -0.39 is 41.0 Å². The number of nitrogens with two attached hydrogens (primary N) is 1. The second-order valence-corrected chi connectivity index (χ2v) is 3.77. The minimum Gasteiger partial charge on any atom is -0.398 e. The van der Waals surface area contributed by atoms with E-state index in [2.05, 4.69) is 0 Å². The summed E-state index contributed by atoms with van der Waals surface area (Å²) in [7, 11) is 0. The topological polar surface area (TPSA) is 98.3 Å². The maximum absolute atomic E-state index is 12.6. The van der Waals surface area contributed by atoms with Crippen LogP contribution in [0.2, 0.25) is 0 Å². The molecule has 1 aromatic rings. The molecule has 0 bridgehead atoms. The minimum atomic E-state index is -4.40. The van der Waals surface area contributed by atoms with Gasteiger partial charge in [0.25, 0.3) is 11.6 Å². The fourth-order valence-corrected chi connectivity index (χ4v) is 1.22.